The first kappa shape index (κ1) is 28.1. The fourth-order valence-corrected chi connectivity index (χ4v) is 3.77. The Morgan fingerprint density at radius 1 is 1.16 bits per heavy atom. The van der Waals surface area contributed by atoms with E-state index >= 15 is 4.39 Å². The largest absolute Gasteiger partial charge is 0.474 e. The first-order chi connectivity index (χ1) is 17.3. The van der Waals surface area contributed by atoms with Crippen LogP contribution in [0.5, 0.6) is 11.9 Å². The van der Waals surface area contributed by atoms with Crippen molar-refractivity contribution >= 4 is 22.4 Å². The van der Waals surface area contributed by atoms with Gasteiger partial charge in [0.15, 0.2) is 5.82 Å². The Hall–Kier alpha value is -3.48. The third kappa shape index (κ3) is 5.45. The molecule has 1 unspecified atom stereocenters. The summed E-state index contributed by atoms with van der Waals surface area (Å²) in [5.74, 6) is -2.40. The summed E-state index contributed by atoms with van der Waals surface area (Å²) in [4.78, 5) is 14.3. The number of rotatable bonds is 9. The molecule has 202 valence electrons. The van der Waals surface area contributed by atoms with E-state index < -0.39 is 52.0 Å². The third-order valence-corrected chi connectivity index (χ3v) is 5.91. The fraction of sp³-hybridized carbons (Fsp3) is 0.458. The summed E-state index contributed by atoms with van der Waals surface area (Å²) in [6.07, 6.45) is -4.95. The van der Waals surface area contributed by atoms with Crippen LogP contribution in [0, 0.1) is 18.6 Å². The number of nitrogens with two attached hydrogens (primary N) is 1. The van der Waals surface area contributed by atoms with Gasteiger partial charge < -0.3 is 25.4 Å². The van der Waals surface area contributed by atoms with Gasteiger partial charge in [0.05, 0.1) is 24.5 Å². The average molecular weight is 529 g/mol. The highest BCUT2D eigenvalue weighted by Crippen LogP contribution is 2.45. The zero-order valence-corrected chi connectivity index (χ0v) is 21.3. The van der Waals surface area contributed by atoms with Crippen LogP contribution in [0.1, 0.15) is 31.4 Å². The molecular formula is C24H29F5N6O2. The van der Waals surface area contributed by atoms with E-state index in [4.69, 9.17) is 15.2 Å². The molecular weight excluding hydrogens is 499 g/mol. The fourth-order valence-electron chi connectivity index (χ4n) is 3.77. The van der Waals surface area contributed by atoms with Crippen LogP contribution in [0.2, 0.25) is 0 Å². The summed E-state index contributed by atoms with van der Waals surface area (Å²) in [6.45, 7) is 5.47. The topological polar surface area (TPSA) is 98.4 Å². The van der Waals surface area contributed by atoms with E-state index in [1.807, 2.05) is 6.92 Å². The molecule has 2 heterocycles. The minimum absolute atomic E-state index is 0.0568. The number of hydrogen-bond acceptors (Lipinski definition) is 8. The SMILES string of the molecule is CCC(C)Oc1nc(-c2cc(N)c(F)c(C)c2C(F)(F)F)c(F)c2nc(OC)nc(N(C)CCNC)c12. The minimum atomic E-state index is -5.03. The van der Waals surface area contributed by atoms with Gasteiger partial charge in [-0.3, -0.25) is 0 Å². The lowest BCUT2D eigenvalue weighted by Gasteiger charge is -2.23. The summed E-state index contributed by atoms with van der Waals surface area (Å²) in [6, 6.07) is 0.503. The molecule has 3 aromatic rings. The molecule has 0 radical (unpaired) electrons. The summed E-state index contributed by atoms with van der Waals surface area (Å²) in [5, 5.41) is 3.05. The number of ether oxygens (including phenoxy) is 2. The van der Waals surface area contributed by atoms with Crippen LogP contribution in [0.15, 0.2) is 6.07 Å². The van der Waals surface area contributed by atoms with E-state index in [1.165, 1.54) is 7.11 Å². The van der Waals surface area contributed by atoms with E-state index in [0.29, 0.717) is 25.6 Å². The summed E-state index contributed by atoms with van der Waals surface area (Å²) >= 11 is 0. The second kappa shape index (κ2) is 10.9. The van der Waals surface area contributed by atoms with E-state index in [9.17, 15) is 17.6 Å². The van der Waals surface area contributed by atoms with Gasteiger partial charge in [0.2, 0.25) is 5.88 Å². The molecule has 2 aromatic heterocycles. The Labute approximate surface area is 211 Å². The van der Waals surface area contributed by atoms with Crippen molar-refractivity contribution in [3.8, 4) is 23.1 Å². The summed E-state index contributed by atoms with van der Waals surface area (Å²) in [5.41, 5.74) is 1.05. The van der Waals surface area contributed by atoms with Crippen LogP contribution in [0.25, 0.3) is 22.2 Å². The van der Waals surface area contributed by atoms with Crippen LogP contribution in [0.4, 0.5) is 33.5 Å². The molecule has 0 amide bonds. The standard InChI is InChI=1S/C24H29F5N6O2/c1-7-11(2)37-22-15-20(33-23(36-6)34-21(15)35(5)9-8-31-4)18(26)19(32-22)13-10-14(30)17(25)12(3)16(13)24(27,28)29/h10-11,31H,7-9,30H2,1-6H3. The number of aromatic nitrogens is 3. The number of halogens is 5. The molecule has 0 bridgehead atoms. The van der Waals surface area contributed by atoms with Crippen LogP contribution < -0.4 is 25.4 Å². The van der Waals surface area contributed by atoms with E-state index in [-0.39, 0.29) is 28.6 Å². The van der Waals surface area contributed by atoms with Gasteiger partial charge in [-0.1, -0.05) is 6.92 Å². The molecule has 0 aliphatic carbocycles. The number of fused-ring (bicyclic) bond motifs is 1. The van der Waals surface area contributed by atoms with Crippen molar-refractivity contribution in [2.75, 3.05) is 44.9 Å². The number of alkyl halides is 3. The summed E-state index contributed by atoms with van der Waals surface area (Å²) < 4.78 is 83.8. The Morgan fingerprint density at radius 2 is 1.84 bits per heavy atom. The van der Waals surface area contributed by atoms with Crippen molar-refractivity contribution in [2.45, 2.75) is 39.5 Å². The second-order valence-electron chi connectivity index (χ2n) is 8.52. The zero-order chi connectivity index (χ0) is 27.7. The van der Waals surface area contributed by atoms with Crippen LogP contribution in [-0.4, -0.2) is 55.4 Å². The maximum Gasteiger partial charge on any atom is 0.417 e. The number of nitrogen functional groups attached to an aromatic ring is 1. The zero-order valence-electron chi connectivity index (χ0n) is 21.3. The number of nitrogens with one attached hydrogen (secondary N) is 1. The molecule has 0 fully saturated rings. The van der Waals surface area contributed by atoms with E-state index in [0.717, 1.165) is 6.92 Å². The molecule has 37 heavy (non-hydrogen) atoms. The molecule has 3 N–H and O–H groups in total. The average Bonchev–Trinajstić information content (AvgIpc) is 2.85. The second-order valence-corrected chi connectivity index (χ2v) is 8.52. The van der Waals surface area contributed by atoms with E-state index in [2.05, 4.69) is 20.3 Å². The maximum absolute atomic E-state index is 16.1. The van der Waals surface area contributed by atoms with E-state index in [1.54, 1.807) is 25.9 Å². The van der Waals surface area contributed by atoms with Crippen molar-refractivity contribution in [2.24, 2.45) is 0 Å². The predicted molar refractivity (Wildman–Crippen MR) is 131 cm³/mol. The number of benzene rings is 1. The molecule has 0 aliphatic rings. The van der Waals surface area contributed by atoms with Crippen molar-refractivity contribution in [3.05, 3.63) is 28.8 Å². The molecule has 8 nitrogen and oxygen atoms in total. The predicted octanol–water partition coefficient (Wildman–Crippen LogP) is 4.72. The van der Waals surface area contributed by atoms with Gasteiger partial charge in [-0.05, 0) is 38.9 Å². The Balaban J connectivity index is 2.49. The Bertz CT molecular complexity index is 1300. The first-order valence-electron chi connectivity index (χ1n) is 11.5. The van der Waals surface area contributed by atoms with Crippen molar-refractivity contribution < 1.29 is 31.4 Å². The van der Waals surface area contributed by atoms with Crippen LogP contribution in [0.3, 0.4) is 0 Å². The van der Waals surface area contributed by atoms with Crippen LogP contribution in [-0.2, 0) is 6.18 Å². The first-order valence-corrected chi connectivity index (χ1v) is 11.5. The van der Waals surface area contributed by atoms with Gasteiger partial charge in [0.1, 0.15) is 28.2 Å². The highest BCUT2D eigenvalue weighted by molar-refractivity contribution is 5.97. The molecule has 13 heteroatoms. The molecule has 1 aromatic carbocycles. The van der Waals surface area contributed by atoms with Gasteiger partial charge in [-0.25, -0.2) is 13.8 Å². The van der Waals surface area contributed by atoms with Crippen LogP contribution >= 0.6 is 0 Å². The van der Waals surface area contributed by atoms with Crippen molar-refractivity contribution in [3.63, 3.8) is 0 Å². The number of methoxy groups -OCH3 is 1. The number of pyridine rings is 1. The van der Waals surface area contributed by atoms with Gasteiger partial charge in [0.25, 0.3) is 0 Å². The molecule has 1 atom stereocenters. The highest BCUT2D eigenvalue weighted by Gasteiger charge is 2.39. The van der Waals surface area contributed by atoms with Gasteiger partial charge >= 0.3 is 12.2 Å². The number of likely N-dealkylation sites (N-methyl/N-ethyl adjacent to an activating group) is 2. The highest BCUT2D eigenvalue weighted by atomic mass is 19.4. The number of hydrogen-bond donors (Lipinski definition) is 2. The molecule has 3 rings (SSSR count). The third-order valence-electron chi connectivity index (χ3n) is 5.91. The molecule has 0 aliphatic heterocycles. The Kier molecular flexibility index (Phi) is 8.25. The molecule has 0 spiro atoms. The van der Waals surface area contributed by atoms with Crippen molar-refractivity contribution in [1.82, 2.24) is 20.3 Å². The van der Waals surface area contributed by atoms with Crippen molar-refractivity contribution in [1.29, 1.82) is 0 Å². The molecule has 0 saturated carbocycles. The monoisotopic (exact) mass is 528 g/mol. The number of nitrogens with zero attached hydrogens (tertiary/aromatic N) is 4. The smallest absolute Gasteiger partial charge is 0.417 e. The van der Waals surface area contributed by atoms with Gasteiger partial charge in [-0.15, -0.1) is 0 Å². The summed E-state index contributed by atoms with van der Waals surface area (Å²) in [7, 11) is 4.73. The number of anilines is 2. The molecule has 0 saturated heterocycles. The normalized spacial score (nSPS) is 12.6. The van der Waals surface area contributed by atoms with Gasteiger partial charge in [-0.2, -0.15) is 23.1 Å². The minimum Gasteiger partial charge on any atom is -0.474 e. The lowest BCUT2D eigenvalue weighted by molar-refractivity contribution is -0.137. The lowest BCUT2D eigenvalue weighted by atomic mass is 9.96. The maximum atomic E-state index is 16.1. The van der Waals surface area contributed by atoms with Gasteiger partial charge in [0, 0.05) is 25.7 Å². The lowest BCUT2D eigenvalue weighted by Crippen LogP contribution is -2.28. The Morgan fingerprint density at radius 3 is 2.41 bits per heavy atom. The quantitative estimate of drug-likeness (QED) is 0.304.